The first kappa shape index (κ1) is 10.1. The molecule has 2 rings (SSSR count). The van der Waals surface area contributed by atoms with Crippen LogP contribution in [-0.4, -0.2) is 19.3 Å². The molecule has 1 atom stereocenters. The fourth-order valence-electron chi connectivity index (χ4n) is 1.87. The molecule has 0 aliphatic heterocycles. The lowest BCUT2D eigenvalue weighted by molar-refractivity contribution is 0.0148. The normalized spacial score (nSPS) is 28.4. The lowest BCUT2D eigenvalue weighted by Gasteiger charge is -2.36. The molecule has 1 aliphatic carbocycles. The SMILES string of the molecule is COC1CC(N[C@@H](C)c2cccs2)C1. The van der Waals surface area contributed by atoms with Crippen LogP contribution in [0.15, 0.2) is 17.5 Å². The minimum atomic E-state index is 0.484. The fraction of sp³-hybridized carbons (Fsp3) is 0.636. The van der Waals surface area contributed by atoms with Gasteiger partial charge >= 0.3 is 0 Å². The molecular weight excluding hydrogens is 194 g/mol. The van der Waals surface area contributed by atoms with Crippen LogP contribution in [0.3, 0.4) is 0 Å². The van der Waals surface area contributed by atoms with Crippen LogP contribution in [0.4, 0.5) is 0 Å². The first-order chi connectivity index (χ1) is 6.79. The van der Waals surface area contributed by atoms with Gasteiger partial charge in [-0.2, -0.15) is 0 Å². The van der Waals surface area contributed by atoms with E-state index in [0.29, 0.717) is 18.2 Å². The van der Waals surface area contributed by atoms with E-state index in [9.17, 15) is 0 Å². The van der Waals surface area contributed by atoms with E-state index in [2.05, 4.69) is 29.8 Å². The van der Waals surface area contributed by atoms with Gasteiger partial charge in [-0.05, 0) is 31.2 Å². The van der Waals surface area contributed by atoms with E-state index in [1.807, 2.05) is 11.3 Å². The summed E-state index contributed by atoms with van der Waals surface area (Å²) in [6, 6.07) is 5.43. The molecule has 1 N–H and O–H groups in total. The summed E-state index contributed by atoms with van der Waals surface area (Å²) in [5.41, 5.74) is 0. The van der Waals surface area contributed by atoms with Gasteiger partial charge in [0.2, 0.25) is 0 Å². The largest absolute Gasteiger partial charge is 0.381 e. The Labute approximate surface area is 89.3 Å². The number of ether oxygens (including phenoxy) is 1. The van der Waals surface area contributed by atoms with Gasteiger partial charge < -0.3 is 10.1 Å². The Kier molecular flexibility index (Phi) is 3.21. The summed E-state index contributed by atoms with van der Waals surface area (Å²) < 4.78 is 5.25. The Balaban J connectivity index is 1.77. The maximum atomic E-state index is 5.25. The highest BCUT2D eigenvalue weighted by atomic mass is 32.1. The molecule has 1 heterocycles. The number of thiophene rings is 1. The van der Waals surface area contributed by atoms with Crippen molar-refractivity contribution in [3.05, 3.63) is 22.4 Å². The van der Waals surface area contributed by atoms with Crippen LogP contribution in [0, 0.1) is 0 Å². The summed E-state index contributed by atoms with van der Waals surface area (Å²) in [6.45, 7) is 2.23. The standard InChI is InChI=1S/C11H17NOS/c1-8(11-4-3-5-14-11)12-9-6-10(7-9)13-2/h3-5,8-10,12H,6-7H2,1-2H3/t8-,9?,10?/m0/s1. The summed E-state index contributed by atoms with van der Waals surface area (Å²) in [5.74, 6) is 0. The first-order valence-corrected chi connectivity index (χ1v) is 6.00. The Morgan fingerprint density at radius 2 is 2.36 bits per heavy atom. The summed E-state index contributed by atoms with van der Waals surface area (Å²) >= 11 is 1.82. The highest BCUT2D eigenvalue weighted by molar-refractivity contribution is 7.10. The predicted octanol–water partition coefficient (Wildman–Crippen LogP) is 2.58. The van der Waals surface area contributed by atoms with Gasteiger partial charge in [-0.15, -0.1) is 11.3 Å². The van der Waals surface area contributed by atoms with Crippen molar-refractivity contribution in [3.8, 4) is 0 Å². The van der Waals surface area contributed by atoms with Crippen molar-refractivity contribution in [1.29, 1.82) is 0 Å². The van der Waals surface area contributed by atoms with Crippen molar-refractivity contribution in [2.75, 3.05) is 7.11 Å². The Bertz CT molecular complexity index is 267. The molecule has 1 aliphatic rings. The summed E-state index contributed by atoms with van der Waals surface area (Å²) in [6.07, 6.45) is 2.81. The molecule has 2 nitrogen and oxygen atoms in total. The molecule has 0 aromatic carbocycles. The van der Waals surface area contributed by atoms with Gasteiger partial charge in [0.05, 0.1) is 6.10 Å². The molecule has 0 radical (unpaired) electrons. The molecule has 0 bridgehead atoms. The van der Waals surface area contributed by atoms with Gasteiger partial charge in [0, 0.05) is 24.1 Å². The topological polar surface area (TPSA) is 21.3 Å². The molecule has 3 heteroatoms. The molecule has 1 aromatic heterocycles. The monoisotopic (exact) mass is 211 g/mol. The van der Waals surface area contributed by atoms with E-state index in [0.717, 1.165) is 12.8 Å². The number of methoxy groups -OCH3 is 1. The summed E-state index contributed by atoms with van der Waals surface area (Å²) in [5, 5.41) is 5.74. The van der Waals surface area contributed by atoms with E-state index in [1.54, 1.807) is 7.11 Å². The number of hydrogen-bond donors (Lipinski definition) is 1. The smallest absolute Gasteiger partial charge is 0.0601 e. The second-order valence-electron chi connectivity index (χ2n) is 3.93. The van der Waals surface area contributed by atoms with E-state index >= 15 is 0 Å². The molecule has 1 fully saturated rings. The Morgan fingerprint density at radius 3 is 2.93 bits per heavy atom. The van der Waals surface area contributed by atoms with Crippen LogP contribution in [0.25, 0.3) is 0 Å². The van der Waals surface area contributed by atoms with Gasteiger partial charge in [0.25, 0.3) is 0 Å². The molecule has 0 spiro atoms. The van der Waals surface area contributed by atoms with Crippen LogP contribution in [0.5, 0.6) is 0 Å². The number of hydrogen-bond acceptors (Lipinski definition) is 3. The van der Waals surface area contributed by atoms with Crippen LogP contribution in [-0.2, 0) is 4.74 Å². The van der Waals surface area contributed by atoms with Gasteiger partial charge in [-0.25, -0.2) is 0 Å². The van der Waals surface area contributed by atoms with Crippen molar-refractivity contribution in [2.45, 2.75) is 38.0 Å². The molecule has 1 saturated carbocycles. The van der Waals surface area contributed by atoms with Crippen LogP contribution >= 0.6 is 11.3 Å². The van der Waals surface area contributed by atoms with Crippen molar-refractivity contribution in [1.82, 2.24) is 5.32 Å². The Morgan fingerprint density at radius 1 is 1.57 bits per heavy atom. The average molecular weight is 211 g/mol. The van der Waals surface area contributed by atoms with E-state index in [1.165, 1.54) is 4.88 Å². The zero-order chi connectivity index (χ0) is 9.97. The van der Waals surface area contributed by atoms with Crippen molar-refractivity contribution in [2.24, 2.45) is 0 Å². The zero-order valence-corrected chi connectivity index (χ0v) is 9.51. The summed E-state index contributed by atoms with van der Waals surface area (Å²) in [7, 11) is 1.80. The molecule has 78 valence electrons. The Hall–Kier alpha value is -0.380. The van der Waals surface area contributed by atoms with E-state index in [4.69, 9.17) is 4.74 Å². The quantitative estimate of drug-likeness (QED) is 0.826. The lowest BCUT2D eigenvalue weighted by atomic mass is 9.88. The maximum absolute atomic E-state index is 5.25. The third kappa shape index (κ3) is 2.16. The first-order valence-electron chi connectivity index (χ1n) is 5.12. The second-order valence-corrected chi connectivity index (χ2v) is 4.91. The summed E-state index contributed by atoms with van der Waals surface area (Å²) in [4.78, 5) is 1.42. The van der Waals surface area contributed by atoms with Gasteiger partial charge in [-0.1, -0.05) is 6.07 Å². The molecule has 14 heavy (non-hydrogen) atoms. The minimum Gasteiger partial charge on any atom is -0.381 e. The molecular formula is C11H17NOS. The molecule has 1 aromatic rings. The zero-order valence-electron chi connectivity index (χ0n) is 8.69. The molecule has 0 amide bonds. The van der Waals surface area contributed by atoms with Gasteiger partial charge in [0.15, 0.2) is 0 Å². The fourth-order valence-corrected chi connectivity index (χ4v) is 2.61. The van der Waals surface area contributed by atoms with Gasteiger partial charge in [-0.3, -0.25) is 0 Å². The van der Waals surface area contributed by atoms with Crippen LogP contribution in [0.1, 0.15) is 30.7 Å². The molecule has 0 unspecified atom stereocenters. The van der Waals surface area contributed by atoms with E-state index in [-0.39, 0.29) is 0 Å². The highest BCUT2D eigenvalue weighted by Gasteiger charge is 2.29. The van der Waals surface area contributed by atoms with Gasteiger partial charge in [0.1, 0.15) is 0 Å². The maximum Gasteiger partial charge on any atom is 0.0601 e. The predicted molar refractivity (Wildman–Crippen MR) is 59.7 cm³/mol. The number of nitrogens with one attached hydrogen (secondary N) is 1. The van der Waals surface area contributed by atoms with Crippen LogP contribution in [0.2, 0.25) is 0 Å². The number of rotatable bonds is 4. The highest BCUT2D eigenvalue weighted by Crippen LogP contribution is 2.26. The third-order valence-corrected chi connectivity index (χ3v) is 3.94. The third-order valence-electron chi connectivity index (χ3n) is 2.88. The lowest BCUT2D eigenvalue weighted by Crippen LogP contribution is -2.45. The molecule has 0 saturated heterocycles. The minimum absolute atomic E-state index is 0.484. The second kappa shape index (κ2) is 4.43. The van der Waals surface area contributed by atoms with Crippen molar-refractivity contribution in [3.63, 3.8) is 0 Å². The van der Waals surface area contributed by atoms with Crippen LogP contribution < -0.4 is 5.32 Å². The average Bonchev–Trinajstić information content (AvgIpc) is 2.62. The van der Waals surface area contributed by atoms with E-state index < -0.39 is 0 Å². The van der Waals surface area contributed by atoms with Crippen molar-refractivity contribution >= 4 is 11.3 Å². The van der Waals surface area contributed by atoms with Crippen molar-refractivity contribution < 1.29 is 4.74 Å².